The van der Waals surface area contributed by atoms with Crippen molar-refractivity contribution in [2.24, 2.45) is 5.73 Å². The summed E-state index contributed by atoms with van der Waals surface area (Å²) in [5.74, 6) is -0.520. The fraction of sp³-hybridized carbons (Fsp3) is 0.111. The van der Waals surface area contributed by atoms with Gasteiger partial charge < -0.3 is 16.4 Å². The molecule has 0 spiro atoms. The van der Waals surface area contributed by atoms with E-state index < -0.39 is 22.8 Å². The van der Waals surface area contributed by atoms with Crippen LogP contribution in [0.2, 0.25) is 0 Å². The molecular weight excluding hydrogens is 320 g/mol. The highest BCUT2D eigenvalue weighted by atomic mass is 16.2. The van der Waals surface area contributed by atoms with Crippen molar-refractivity contribution in [2.75, 3.05) is 10.6 Å². The van der Waals surface area contributed by atoms with E-state index in [-0.39, 0.29) is 11.4 Å². The van der Waals surface area contributed by atoms with Crippen LogP contribution in [-0.2, 0) is 11.2 Å². The molecule has 0 fully saturated rings. The zero-order valence-electron chi connectivity index (χ0n) is 13.2. The first-order chi connectivity index (χ1) is 12.1. The number of aromatic nitrogens is 1. The number of carbonyl (C=O) groups is 1. The Hall–Kier alpha value is -3.32. The molecule has 0 aliphatic rings. The first-order valence-electron chi connectivity index (χ1n) is 7.67. The predicted octanol–water partition coefficient (Wildman–Crippen LogP) is 0.930. The van der Waals surface area contributed by atoms with E-state index in [0.29, 0.717) is 12.1 Å². The summed E-state index contributed by atoms with van der Waals surface area (Å²) in [6.45, 7) is 0. The quantitative estimate of drug-likeness (QED) is 0.577. The van der Waals surface area contributed by atoms with E-state index in [4.69, 9.17) is 5.73 Å². The summed E-state index contributed by atoms with van der Waals surface area (Å²) in [4.78, 5) is 39.6. The van der Waals surface area contributed by atoms with E-state index in [1.54, 1.807) is 24.5 Å². The number of hydrogen-bond donors (Lipinski definition) is 3. The summed E-state index contributed by atoms with van der Waals surface area (Å²) in [6, 6.07) is 11.8. The van der Waals surface area contributed by atoms with E-state index in [2.05, 4.69) is 15.6 Å². The van der Waals surface area contributed by atoms with Crippen molar-refractivity contribution in [3.63, 3.8) is 0 Å². The molecule has 2 aromatic carbocycles. The molecular formula is C18H16N4O3. The van der Waals surface area contributed by atoms with Crippen LogP contribution in [0.4, 0.5) is 17.1 Å². The minimum atomic E-state index is -0.833. The van der Waals surface area contributed by atoms with Crippen LogP contribution in [0, 0.1) is 0 Å². The Balaban J connectivity index is 1.70. The van der Waals surface area contributed by atoms with E-state index in [0.717, 1.165) is 5.56 Å². The van der Waals surface area contributed by atoms with Crippen LogP contribution < -0.4 is 27.2 Å². The maximum atomic E-state index is 12.2. The lowest BCUT2D eigenvalue weighted by atomic mass is 10.1. The lowest BCUT2D eigenvalue weighted by molar-refractivity contribution is -0.117. The van der Waals surface area contributed by atoms with E-state index in [1.807, 2.05) is 30.3 Å². The van der Waals surface area contributed by atoms with Crippen LogP contribution in [-0.4, -0.2) is 16.9 Å². The lowest BCUT2D eigenvalue weighted by Gasteiger charge is -2.16. The largest absolute Gasteiger partial charge is 0.350 e. The second-order valence-electron chi connectivity index (χ2n) is 5.55. The summed E-state index contributed by atoms with van der Waals surface area (Å²) in [5, 5.41) is 5.27. The molecule has 1 heterocycles. The maximum absolute atomic E-state index is 12.2. The molecule has 0 aliphatic heterocycles. The molecule has 0 radical (unpaired) electrons. The molecule has 0 bridgehead atoms. The molecule has 25 heavy (non-hydrogen) atoms. The number of benzene rings is 1. The van der Waals surface area contributed by atoms with Crippen molar-refractivity contribution in [2.45, 2.75) is 12.5 Å². The van der Waals surface area contributed by atoms with E-state index in [1.165, 1.54) is 0 Å². The van der Waals surface area contributed by atoms with E-state index in [9.17, 15) is 14.4 Å². The van der Waals surface area contributed by atoms with Crippen LogP contribution in [0.3, 0.4) is 0 Å². The molecule has 3 rings (SSSR count). The number of anilines is 3. The summed E-state index contributed by atoms with van der Waals surface area (Å²) in [6.07, 6.45) is 3.42. The third kappa shape index (κ3) is 3.61. The van der Waals surface area contributed by atoms with E-state index >= 15 is 0 Å². The van der Waals surface area contributed by atoms with Gasteiger partial charge in [-0.05, 0) is 24.1 Å². The first-order valence-corrected chi connectivity index (χ1v) is 7.67. The number of hydrogen-bond acceptors (Lipinski definition) is 6. The SMILES string of the molecule is N[C@H](Cc1ccccc1)C(=O)Nc1c(Nc2ccncc2)c(=O)c1=O. The van der Waals surface area contributed by atoms with Crippen molar-refractivity contribution in [1.29, 1.82) is 0 Å². The first kappa shape index (κ1) is 16.5. The summed E-state index contributed by atoms with van der Waals surface area (Å²) < 4.78 is 0. The van der Waals surface area contributed by atoms with Gasteiger partial charge in [-0.25, -0.2) is 0 Å². The molecule has 0 unspecified atom stereocenters. The molecule has 0 aliphatic carbocycles. The Kier molecular flexibility index (Phi) is 4.67. The number of nitrogens with one attached hydrogen (secondary N) is 2. The minimum Gasteiger partial charge on any atom is -0.350 e. The molecule has 3 aromatic rings. The zero-order chi connectivity index (χ0) is 17.8. The number of nitrogens with zero attached hydrogens (tertiary/aromatic N) is 1. The van der Waals surface area contributed by atoms with Gasteiger partial charge in [0.1, 0.15) is 11.4 Å². The number of rotatable bonds is 6. The number of nitrogens with two attached hydrogens (primary N) is 1. The van der Waals surface area contributed by atoms with Gasteiger partial charge in [0.25, 0.3) is 10.9 Å². The fourth-order valence-electron chi connectivity index (χ4n) is 2.39. The van der Waals surface area contributed by atoms with Crippen molar-refractivity contribution >= 4 is 23.0 Å². The van der Waals surface area contributed by atoms with Crippen molar-refractivity contribution < 1.29 is 4.79 Å². The second kappa shape index (κ2) is 7.06. The van der Waals surface area contributed by atoms with Gasteiger partial charge in [0.05, 0.1) is 6.04 Å². The van der Waals surface area contributed by atoms with Gasteiger partial charge >= 0.3 is 0 Å². The van der Waals surface area contributed by atoms with Gasteiger partial charge in [-0.1, -0.05) is 30.3 Å². The third-order valence-electron chi connectivity index (χ3n) is 3.74. The maximum Gasteiger partial charge on any atom is 0.253 e. The van der Waals surface area contributed by atoms with Gasteiger partial charge in [-0.3, -0.25) is 19.4 Å². The lowest BCUT2D eigenvalue weighted by Crippen LogP contribution is -2.43. The van der Waals surface area contributed by atoms with Crippen LogP contribution >= 0.6 is 0 Å². The van der Waals surface area contributed by atoms with Gasteiger partial charge in [-0.15, -0.1) is 0 Å². The van der Waals surface area contributed by atoms with Crippen LogP contribution in [0.1, 0.15) is 5.56 Å². The third-order valence-corrected chi connectivity index (χ3v) is 3.74. The molecule has 1 atom stereocenters. The molecule has 126 valence electrons. The van der Waals surface area contributed by atoms with Crippen molar-refractivity contribution in [3.8, 4) is 0 Å². The summed E-state index contributed by atoms with van der Waals surface area (Å²) >= 11 is 0. The Bertz CT molecular complexity index is 948. The Morgan fingerprint density at radius 2 is 1.64 bits per heavy atom. The second-order valence-corrected chi connectivity index (χ2v) is 5.55. The normalized spacial score (nSPS) is 11.9. The topological polar surface area (TPSA) is 114 Å². The Morgan fingerprint density at radius 3 is 2.32 bits per heavy atom. The molecule has 1 amide bonds. The van der Waals surface area contributed by atoms with Crippen LogP contribution in [0.25, 0.3) is 0 Å². The van der Waals surface area contributed by atoms with Gasteiger partial charge in [0, 0.05) is 18.1 Å². The molecule has 1 aromatic heterocycles. The van der Waals surface area contributed by atoms with Crippen molar-refractivity contribution in [1.82, 2.24) is 4.98 Å². The summed E-state index contributed by atoms with van der Waals surface area (Å²) in [7, 11) is 0. The minimum absolute atomic E-state index is 0.0523. The smallest absolute Gasteiger partial charge is 0.253 e. The van der Waals surface area contributed by atoms with Gasteiger partial charge in [0.15, 0.2) is 0 Å². The summed E-state index contributed by atoms with van der Waals surface area (Å²) in [5.41, 5.74) is 5.97. The fourth-order valence-corrected chi connectivity index (χ4v) is 2.39. The van der Waals surface area contributed by atoms with Crippen LogP contribution in [0.15, 0.2) is 64.4 Å². The predicted molar refractivity (Wildman–Crippen MR) is 95.6 cm³/mol. The highest BCUT2D eigenvalue weighted by molar-refractivity contribution is 5.99. The average molecular weight is 336 g/mol. The zero-order valence-corrected chi connectivity index (χ0v) is 13.2. The Morgan fingerprint density at radius 1 is 1.00 bits per heavy atom. The number of carbonyl (C=O) groups excluding carboxylic acids is 1. The molecule has 0 saturated heterocycles. The number of amides is 1. The van der Waals surface area contributed by atoms with Crippen LogP contribution in [0.5, 0.6) is 0 Å². The highest BCUT2D eigenvalue weighted by Crippen LogP contribution is 2.20. The monoisotopic (exact) mass is 336 g/mol. The Labute approximate surface area is 143 Å². The van der Waals surface area contributed by atoms with Gasteiger partial charge in [-0.2, -0.15) is 0 Å². The molecule has 0 saturated carbocycles. The molecule has 7 heteroatoms. The molecule has 4 N–H and O–H groups in total. The number of pyridine rings is 1. The van der Waals surface area contributed by atoms with Crippen molar-refractivity contribution in [3.05, 3.63) is 80.9 Å². The average Bonchev–Trinajstić information content (AvgIpc) is 2.65. The van der Waals surface area contributed by atoms with Gasteiger partial charge in [0.2, 0.25) is 5.91 Å². The standard InChI is InChI=1S/C18H16N4O3/c19-13(10-11-4-2-1-3-5-11)18(25)22-15-14(16(23)17(15)24)21-12-6-8-20-9-7-12/h1-9,13H,10,19H2,(H,20,21)(H,22,25)/t13-/m1/s1. The molecule has 7 nitrogen and oxygen atoms in total. The highest BCUT2D eigenvalue weighted by Gasteiger charge is 2.25.